The molecule has 2 heterocycles. The van der Waals surface area contributed by atoms with Crippen LogP contribution in [0.1, 0.15) is 12.0 Å². The first kappa shape index (κ1) is 10.1. The van der Waals surface area contributed by atoms with Gasteiger partial charge in [-0.3, -0.25) is 9.78 Å². The molecule has 2 N–H and O–H groups in total. The lowest BCUT2D eigenvalue weighted by Gasteiger charge is -2.15. The highest BCUT2D eigenvalue weighted by Crippen LogP contribution is 2.09. The second-order valence-electron chi connectivity index (χ2n) is 3.92. The predicted octanol–water partition coefficient (Wildman–Crippen LogP) is 0.184. The number of amides is 1. The molecular formula is C11H15N3O. The Balaban J connectivity index is 1.93. The minimum absolute atomic E-state index is 0.159. The zero-order chi connectivity index (χ0) is 10.7. The Bertz CT molecular complexity index is 339. The SMILES string of the molecule is N[C@H]1CCN(C(=O)Cc2ccncc2)C1. The van der Waals surface area contributed by atoms with Gasteiger partial charge in [0.15, 0.2) is 0 Å². The molecule has 0 spiro atoms. The predicted molar refractivity (Wildman–Crippen MR) is 57.1 cm³/mol. The number of carbonyl (C=O) groups is 1. The van der Waals surface area contributed by atoms with Crippen LogP contribution < -0.4 is 5.73 Å². The van der Waals surface area contributed by atoms with Gasteiger partial charge < -0.3 is 10.6 Å². The van der Waals surface area contributed by atoms with Gasteiger partial charge >= 0.3 is 0 Å². The number of rotatable bonds is 2. The average Bonchev–Trinajstić information content (AvgIpc) is 2.66. The molecule has 1 atom stereocenters. The van der Waals surface area contributed by atoms with E-state index in [1.165, 1.54) is 0 Å². The van der Waals surface area contributed by atoms with E-state index in [0.717, 1.165) is 18.5 Å². The van der Waals surface area contributed by atoms with Gasteiger partial charge in [0.05, 0.1) is 6.42 Å². The van der Waals surface area contributed by atoms with E-state index in [-0.39, 0.29) is 11.9 Å². The van der Waals surface area contributed by atoms with Crippen molar-refractivity contribution in [2.24, 2.45) is 5.73 Å². The van der Waals surface area contributed by atoms with Crippen molar-refractivity contribution in [3.05, 3.63) is 30.1 Å². The number of pyridine rings is 1. The first-order chi connectivity index (χ1) is 7.25. The van der Waals surface area contributed by atoms with E-state index in [1.54, 1.807) is 12.4 Å². The van der Waals surface area contributed by atoms with Crippen LogP contribution in [0.2, 0.25) is 0 Å². The quantitative estimate of drug-likeness (QED) is 0.749. The minimum Gasteiger partial charge on any atom is -0.341 e. The van der Waals surface area contributed by atoms with E-state index in [1.807, 2.05) is 17.0 Å². The van der Waals surface area contributed by atoms with E-state index in [0.29, 0.717) is 13.0 Å². The van der Waals surface area contributed by atoms with Gasteiger partial charge in [-0.1, -0.05) is 0 Å². The molecule has 0 aromatic carbocycles. The van der Waals surface area contributed by atoms with Crippen LogP contribution in [0.15, 0.2) is 24.5 Å². The molecule has 0 bridgehead atoms. The molecule has 1 amide bonds. The Morgan fingerprint density at radius 3 is 2.87 bits per heavy atom. The summed E-state index contributed by atoms with van der Waals surface area (Å²) in [5.74, 6) is 0.161. The summed E-state index contributed by atoms with van der Waals surface area (Å²) in [6.45, 7) is 1.50. The molecule has 0 aliphatic carbocycles. The van der Waals surface area contributed by atoms with Crippen LogP contribution in [0.3, 0.4) is 0 Å². The molecule has 15 heavy (non-hydrogen) atoms. The van der Waals surface area contributed by atoms with Crippen molar-refractivity contribution in [2.75, 3.05) is 13.1 Å². The summed E-state index contributed by atoms with van der Waals surface area (Å²) >= 11 is 0. The number of nitrogens with two attached hydrogens (primary N) is 1. The monoisotopic (exact) mass is 205 g/mol. The maximum Gasteiger partial charge on any atom is 0.227 e. The Labute approximate surface area is 89.1 Å². The number of nitrogens with zero attached hydrogens (tertiary/aromatic N) is 2. The molecule has 4 heteroatoms. The first-order valence-electron chi connectivity index (χ1n) is 5.18. The van der Waals surface area contributed by atoms with E-state index >= 15 is 0 Å². The first-order valence-corrected chi connectivity index (χ1v) is 5.18. The zero-order valence-corrected chi connectivity index (χ0v) is 8.60. The average molecular weight is 205 g/mol. The molecule has 1 saturated heterocycles. The van der Waals surface area contributed by atoms with Gasteiger partial charge in [-0.25, -0.2) is 0 Å². The third kappa shape index (κ3) is 2.53. The van der Waals surface area contributed by atoms with Crippen molar-refractivity contribution in [2.45, 2.75) is 18.9 Å². The van der Waals surface area contributed by atoms with Crippen molar-refractivity contribution in [3.8, 4) is 0 Å². The van der Waals surface area contributed by atoms with Crippen molar-refractivity contribution < 1.29 is 4.79 Å². The fourth-order valence-corrected chi connectivity index (χ4v) is 1.80. The molecule has 0 saturated carbocycles. The summed E-state index contributed by atoms with van der Waals surface area (Å²) in [5.41, 5.74) is 6.76. The third-order valence-corrected chi connectivity index (χ3v) is 2.68. The third-order valence-electron chi connectivity index (χ3n) is 2.68. The maximum atomic E-state index is 11.8. The van der Waals surface area contributed by atoms with Crippen LogP contribution >= 0.6 is 0 Å². The Kier molecular flexibility index (Phi) is 2.97. The molecular weight excluding hydrogens is 190 g/mol. The van der Waals surface area contributed by atoms with Crippen molar-refractivity contribution in [1.29, 1.82) is 0 Å². The van der Waals surface area contributed by atoms with E-state index in [9.17, 15) is 4.79 Å². The van der Waals surface area contributed by atoms with Crippen molar-refractivity contribution in [3.63, 3.8) is 0 Å². The second kappa shape index (κ2) is 4.40. The normalized spacial score (nSPS) is 20.6. The van der Waals surface area contributed by atoms with Gasteiger partial charge in [-0.05, 0) is 24.1 Å². The van der Waals surface area contributed by atoms with Crippen LogP contribution in [0.25, 0.3) is 0 Å². The number of hydrogen-bond acceptors (Lipinski definition) is 3. The fraction of sp³-hybridized carbons (Fsp3) is 0.455. The van der Waals surface area contributed by atoms with Crippen LogP contribution in [0, 0.1) is 0 Å². The van der Waals surface area contributed by atoms with Gasteiger partial charge in [0, 0.05) is 31.5 Å². The van der Waals surface area contributed by atoms with Gasteiger partial charge in [0.2, 0.25) is 5.91 Å². The Hall–Kier alpha value is -1.42. The molecule has 4 nitrogen and oxygen atoms in total. The van der Waals surface area contributed by atoms with Crippen LogP contribution in [-0.4, -0.2) is 34.9 Å². The molecule has 2 rings (SSSR count). The smallest absolute Gasteiger partial charge is 0.227 e. The summed E-state index contributed by atoms with van der Waals surface area (Å²) < 4.78 is 0. The van der Waals surface area contributed by atoms with Gasteiger partial charge in [-0.15, -0.1) is 0 Å². The molecule has 1 aromatic rings. The largest absolute Gasteiger partial charge is 0.341 e. The van der Waals surface area contributed by atoms with Crippen LogP contribution in [0.4, 0.5) is 0 Å². The molecule has 1 fully saturated rings. The standard InChI is InChI=1S/C11H15N3O/c12-10-3-6-14(8-10)11(15)7-9-1-4-13-5-2-9/h1-2,4-5,10H,3,6-8,12H2/t10-/m0/s1. The molecule has 80 valence electrons. The van der Waals surface area contributed by atoms with E-state index < -0.39 is 0 Å². The lowest BCUT2D eigenvalue weighted by Crippen LogP contribution is -2.32. The van der Waals surface area contributed by atoms with Gasteiger partial charge in [-0.2, -0.15) is 0 Å². The number of likely N-dealkylation sites (tertiary alicyclic amines) is 1. The molecule has 0 radical (unpaired) electrons. The molecule has 1 aliphatic rings. The highest BCUT2D eigenvalue weighted by molar-refractivity contribution is 5.79. The van der Waals surface area contributed by atoms with Gasteiger partial charge in [0.1, 0.15) is 0 Å². The lowest BCUT2D eigenvalue weighted by atomic mass is 10.2. The lowest BCUT2D eigenvalue weighted by molar-refractivity contribution is -0.129. The van der Waals surface area contributed by atoms with E-state index in [4.69, 9.17) is 5.73 Å². The fourth-order valence-electron chi connectivity index (χ4n) is 1.80. The zero-order valence-electron chi connectivity index (χ0n) is 8.60. The molecule has 0 unspecified atom stereocenters. The Morgan fingerprint density at radius 1 is 1.53 bits per heavy atom. The van der Waals surface area contributed by atoms with Gasteiger partial charge in [0.25, 0.3) is 0 Å². The highest BCUT2D eigenvalue weighted by atomic mass is 16.2. The number of hydrogen-bond donors (Lipinski definition) is 1. The van der Waals surface area contributed by atoms with Crippen molar-refractivity contribution >= 4 is 5.91 Å². The molecule has 1 aliphatic heterocycles. The molecule has 1 aromatic heterocycles. The second-order valence-corrected chi connectivity index (χ2v) is 3.92. The summed E-state index contributed by atoms with van der Waals surface area (Å²) in [4.78, 5) is 17.6. The van der Waals surface area contributed by atoms with Crippen molar-refractivity contribution in [1.82, 2.24) is 9.88 Å². The summed E-state index contributed by atoms with van der Waals surface area (Å²) in [5, 5.41) is 0. The highest BCUT2D eigenvalue weighted by Gasteiger charge is 2.23. The summed E-state index contributed by atoms with van der Waals surface area (Å²) in [7, 11) is 0. The van der Waals surface area contributed by atoms with Crippen LogP contribution in [-0.2, 0) is 11.2 Å². The summed E-state index contributed by atoms with van der Waals surface area (Å²) in [6, 6.07) is 3.90. The number of aromatic nitrogens is 1. The van der Waals surface area contributed by atoms with E-state index in [2.05, 4.69) is 4.98 Å². The summed E-state index contributed by atoms with van der Waals surface area (Å²) in [6.07, 6.45) is 4.79. The topological polar surface area (TPSA) is 59.2 Å². The maximum absolute atomic E-state index is 11.8. The Morgan fingerprint density at radius 2 is 2.27 bits per heavy atom. The van der Waals surface area contributed by atoms with Crippen LogP contribution in [0.5, 0.6) is 0 Å². The number of carbonyl (C=O) groups excluding carboxylic acids is 1. The minimum atomic E-state index is 0.159.